The quantitative estimate of drug-likeness (QED) is 0.772. The first-order chi connectivity index (χ1) is 5.29. The summed E-state index contributed by atoms with van der Waals surface area (Å²) < 4.78 is 0. The highest BCUT2D eigenvalue weighted by atomic mass is 79.9. The molecule has 0 spiro atoms. The van der Waals surface area contributed by atoms with Crippen LogP contribution in [-0.4, -0.2) is 27.1 Å². The van der Waals surface area contributed by atoms with Crippen LogP contribution < -0.4 is 0 Å². The van der Waals surface area contributed by atoms with Crippen LogP contribution in [0.4, 0.5) is 0 Å². The summed E-state index contributed by atoms with van der Waals surface area (Å²) in [5.74, 6) is -0.799. The lowest BCUT2D eigenvalue weighted by atomic mass is 10.3. The maximum atomic E-state index is 10.0. The van der Waals surface area contributed by atoms with Crippen LogP contribution in [0.15, 0.2) is 0 Å². The standard InChI is InChI=1S/C4H7ClO.C3H5BrO2/c1-3(5)4(2)6;1-2(4)3(5)6/h3H,1-2H3;2H,1H3,(H,5,6). The van der Waals surface area contributed by atoms with Crippen LogP contribution in [0.1, 0.15) is 20.8 Å². The number of carbonyl (C=O) groups excluding carboxylic acids is 1. The van der Waals surface area contributed by atoms with Crippen molar-refractivity contribution in [3.8, 4) is 0 Å². The first-order valence-electron chi connectivity index (χ1n) is 3.30. The van der Waals surface area contributed by atoms with E-state index in [-0.39, 0.29) is 11.2 Å². The number of aliphatic carboxylic acids is 1. The Morgan fingerprint density at radius 1 is 1.42 bits per heavy atom. The zero-order valence-corrected chi connectivity index (χ0v) is 9.52. The average Bonchev–Trinajstić information content (AvgIpc) is 1.88. The molecule has 2 unspecified atom stereocenters. The summed E-state index contributed by atoms with van der Waals surface area (Å²) in [7, 11) is 0. The maximum Gasteiger partial charge on any atom is 0.316 e. The fourth-order valence-corrected chi connectivity index (χ4v) is 0. The lowest BCUT2D eigenvalue weighted by Gasteiger charge is -1.88. The number of alkyl halides is 2. The zero-order valence-electron chi connectivity index (χ0n) is 7.17. The van der Waals surface area contributed by atoms with E-state index < -0.39 is 10.8 Å². The molecule has 0 aromatic rings. The van der Waals surface area contributed by atoms with E-state index in [9.17, 15) is 9.59 Å². The van der Waals surface area contributed by atoms with Gasteiger partial charge in [-0.3, -0.25) is 9.59 Å². The van der Waals surface area contributed by atoms with E-state index in [1.807, 2.05) is 0 Å². The molecule has 0 aliphatic carbocycles. The molecule has 0 aliphatic rings. The molecule has 2 atom stereocenters. The van der Waals surface area contributed by atoms with Crippen molar-refractivity contribution in [1.29, 1.82) is 0 Å². The topological polar surface area (TPSA) is 54.4 Å². The van der Waals surface area contributed by atoms with Gasteiger partial charge in [0.15, 0.2) is 0 Å². The van der Waals surface area contributed by atoms with Gasteiger partial charge < -0.3 is 5.11 Å². The van der Waals surface area contributed by atoms with E-state index >= 15 is 0 Å². The van der Waals surface area contributed by atoms with Gasteiger partial charge in [0, 0.05) is 0 Å². The predicted octanol–water partition coefficient (Wildman–Crippen LogP) is 2.06. The molecule has 0 fully saturated rings. The molecule has 0 amide bonds. The minimum atomic E-state index is -0.824. The third-order valence-corrected chi connectivity index (χ3v) is 1.60. The van der Waals surface area contributed by atoms with Gasteiger partial charge in [0.05, 0.1) is 5.38 Å². The molecule has 0 aromatic carbocycles. The Kier molecular flexibility index (Phi) is 9.09. The van der Waals surface area contributed by atoms with Gasteiger partial charge in [-0.25, -0.2) is 0 Å². The van der Waals surface area contributed by atoms with Crippen molar-refractivity contribution in [3.63, 3.8) is 0 Å². The van der Waals surface area contributed by atoms with E-state index in [0.717, 1.165) is 0 Å². The minimum absolute atomic E-state index is 0.0247. The zero-order chi connectivity index (χ0) is 10.3. The van der Waals surface area contributed by atoms with Crippen LogP contribution in [0.5, 0.6) is 0 Å². The van der Waals surface area contributed by atoms with Crippen molar-refractivity contribution >= 4 is 39.3 Å². The summed E-state index contributed by atoms with van der Waals surface area (Å²) in [6.07, 6.45) is 0. The fourth-order valence-electron chi connectivity index (χ4n) is 0. The summed E-state index contributed by atoms with van der Waals surface area (Å²) >= 11 is 8.10. The summed E-state index contributed by atoms with van der Waals surface area (Å²) in [4.78, 5) is 19.2. The Balaban J connectivity index is 0. The lowest BCUT2D eigenvalue weighted by molar-refractivity contribution is -0.135. The predicted molar refractivity (Wildman–Crippen MR) is 52.0 cm³/mol. The highest BCUT2D eigenvalue weighted by molar-refractivity contribution is 9.10. The Morgan fingerprint density at radius 3 is 1.58 bits per heavy atom. The number of carbonyl (C=O) groups is 2. The number of Topliss-reactive ketones (excluding diaryl/α,β-unsaturated/α-hetero) is 1. The third-order valence-electron chi connectivity index (χ3n) is 0.900. The van der Waals surface area contributed by atoms with E-state index in [0.29, 0.717) is 0 Å². The first kappa shape index (κ1) is 14.4. The van der Waals surface area contributed by atoms with Gasteiger partial charge in [-0.05, 0) is 20.8 Å². The summed E-state index contributed by atoms with van der Waals surface area (Å²) in [5, 5.41) is 7.63. The molecule has 5 heteroatoms. The van der Waals surface area contributed by atoms with Gasteiger partial charge in [-0.15, -0.1) is 11.6 Å². The Hall–Kier alpha value is -0.0900. The lowest BCUT2D eigenvalue weighted by Crippen LogP contribution is -2.06. The van der Waals surface area contributed by atoms with Crippen LogP contribution in [0.2, 0.25) is 0 Å². The van der Waals surface area contributed by atoms with Gasteiger partial charge in [0.1, 0.15) is 10.6 Å². The smallest absolute Gasteiger partial charge is 0.316 e. The van der Waals surface area contributed by atoms with Gasteiger partial charge >= 0.3 is 5.97 Å². The fraction of sp³-hybridized carbons (Fsp3) is 0.714. The number of carboxylic acids is 1. The molecule has 3 nitrogen and oxygen atoms in total. The number of halogens is 2. The molecular formula is C7H12BrClO3. The SMILES string of the molecule is CC(=O)C(C)Cl.CC(Br)C(=O)O. The second-order valence-electron chi connectivity index (χ2n) is 2.18. The largest absolute Gasteiger partial charge is 0.480 e. The van der Waals surface area contributed by atoms with Crippen molar-refractivity contribution in [2.75, 3.05) is 0 Å². The first-order valence-corrected chi connectivity index (χ1v) is 4.65. The molecule has 0 saturated heterocycles. The van der Waals surface area contributed by atoms with E-state index in [1.165, 1.54) is 6.92 Å². The number of hydrogen-bond acceptors (Lipinski definition) is 2. The molecule has 0 rings (SSSR count). The molecule has 72 valence electrons. The summed E-state index contributed by atoms with van der Waals surface area (Å²) in [5.41, 5.74) is 0. The minimum Gasteiger partial charge on any atom is -0.480 e. The Bertz CT molecular complexity index is 139. The molecular weight excluding hydrogens is 247 g/mol. The van der Waals surface area contributed by atoms with Crippen molar-refractivity contribution in [2.24, 2.45) is 0 Å². The van der Waals surface area contributed by atoms with Gasteiger partial charge in [0.2, 0.25) is 0 Å². The van der Waals surface area contributed by atoms with E-state index in [4.69, 9.17) is 16.7 Å². The number of hydrogen-bond donors (Lipinski definition) is 1. The van der Waals surface area contributed by atoms with Crippen molar-refractivity contribution in [2.45, 2.75) is 31.0 Å². The van der Waals surface area contributed by atoms with Gasteiger partial charge in [0.25, 0.3) is 0 Å². The molecule has 0 bridgehead atoms. The molecule has 0 heterocycles. The van der Waals surface area contributed by atoms with E-state index in [2.05, 4.69) is 15.9 Å². The summed E-state index contributed by atoms with van der Waals surface area (Å²) in [6.45, 7) is 4.68. The van der Waals surface area contributed by atoms with Gasteiger partial charge in [-0.2, -0.15) is 0 Å². The number of carboxylic acid groups (broad SMARTS) is 1. The van der Waals surface area contributed by atoms with Crippen LogP contribution in [0, 0.1) is 0 Å². The second-order valence-corrected chi connectivity index (χ2v) is 4.21. The van der Waals surface area contributed by atoms with Crippen LogP contribution in [0.25, 0.3) is 0 Å². The molecule has 0 radical (unpaired) electrons. The maximum absolute atomic E-state index is 10.0. The van der Waals surface area contributed by atoms with Crippen LogP contribution in [0.3, 0.4) is 0 Å². The third kappa shape index (κ3) is 12.6. The number of rotatable bonds is 2. The van der Waals surface area contributed by atoms with E-state index in [1.54, 1.807) is 13.8 Å². The Labute approximate surface area is 85.2 Å². The molecule has 0 aliphatic heterocycles. The molecule has 0 saturated carbocycles. The highest BCUT2D eigenvalue weighted by Crippen LogP contribution is 1.94. The second kappa shape index (κ2) is 7.55. The normalized spacial score (nSPS) is 13.8. The van der Waals surface area contributed by atoms with Crippen molar-refractivity contribution < 1.29 is 14.7 Å². The average molecular weight is 260 g/mol. The summed E-state index contributed by atoms with van der Waals surface area (Å²) in [6, 6.07) is 0. The molecule has 0 aromatic heterocycles. The molecule has 12 heavy (non-hydrogen) atoms. The highest BCUT2D eigenvalue weighted by Gasteiger charge is 2.01. The van der Waals surface area contributed by atoms with Crippen LogP contribution in [-0.2, 0) is 9.59 Å². The monoisotopic (exact) mass is 258 g/mol. The number of ketones is 1. The Morgan fingerprint density at radius 2 is 1.58 bits per heavy atom. The van der Waals surface area contributed by atoms with Crippen molar-refractivity contribution in [1.82, 2.24) is 0 Å². The van der Waals surface area contributed by atoms with Crippen molar-refractivity contribution in [3.05, 3.63) is 0 Å². The molecule has 1 N–H and O–H groups in total. The van der Waals surface area contributed by atoms with Crippen LogP contribution >= 0.6 is 27.5 Å². The van der Waals surface area contributed by atoms with Gasteiger partial charge in [-0.1, -0.05) is 15.9 Å².